The van der Waals surface area contributed by atoms with Crippen molar-refractivity contribution in [3.05, 3.63) is 22.5 Å². The first-order valence-corrected chi connectivity index (χ1v) is 9.16. The number of nitrogens with zero attached hydrogens (tertiary/aromatic N) is 2. The maximum Gasteiger partial charge on any atom is 0.354 e. The van der Waals surface area contributed by atoms with E-state index in [9.17, 15) is 14.4 Å². The Morgan fingerprint density at radius 3 is 2.12 bits per heavy atom. The van der Waals surface area contributed by atoms with Crippen LogP contribution in [0.15, 0.2) is 0 Å². The topological polar surface area (TPSA) is 68.6 Å². The highest BCUT2D eigenvalue weighted by molar-refractivity contribution is 6.04. The zero-order valence-electron chi connectivity index (χ0n) is 17.3. The van der Waals surface area contributed by atoms with Crippen molar-refractivity contribution in [2.45, 2.75) is 55.0 Å². The van der Waals surface area contributed by atoms with Gasteiger partial charge in [-0.1, -0.05) is 27.7 Å². The van der Waals surface area contributed by atoms with Crippen LogP contribution in [0, 0.1) is 25.7 Å². The Morgan fingerprint density at radius 2 is 1.69 bits per heavy atom. The van der Waals surface area contributed by atoms with E-state index in [2.05, 4.69) is 0 Å². The highest BCUT2D eigenvalue weighted by Crippen LogP contribution is 2.24. The molecule has 0 aliphatic carbocycles. The Balaban J connectivity index is 3.29. The van der Waals surface area contributed by atoms with Crippen LogP contribution >= 0.6 is 0 Å². The summed E-state index contributed by atoms with van der Waals surface area (Å²) in [5.41, 5.74) is 2.26. The molecule has 6 heteroatoms. The number of hydrogen-bond acceptors (Lipinski definition) is 4. The van der Waals surface area contributed by atoms with Crippen molar-refractivity contribution in [1.82, 2.24) is 9.47 Å². The lowest BCUT2D eigenvalue weighted by atomic mass is 10.0. The molecule has 0 aliphatic rings. The van der Waals surface area contributed by atoms with E-state index in [1.165, 1.54) is 7.11 Å². The molecule has 0 aliphatic heterocycles. The number of amides is 1. The molecule has 26 heavy (non-hydrogen) atoms. The smallest absolute Gasteiger partial charge is 0.354 e. The van der Waals surface area contributed by atoms with Gasteiger partial charge in [0, 0.05) is 30.3 Å². The summed E-state index contributed by atoms with van der Waals surface area (Å²) in [4.78, 5) is 39.3. The first-order valence-electron chi connectivity index (χ1n) is 9.16. The predicted molar refractivity (Wildman–Crippen MR) is 102 cm³/mol. The number of aromatic nitrogens is 1. The molecule has 0 unspecified atom stereocenters. The summed E-state index contributed by atoms with van der Waals surface area (Å²) in [5.74, 6) is -0.547. The standard InChI is InChI=1S/C20H32N2O4/c1-9-22-15(7)17(14(6)18(22)20(25)26-8)16(23)11-21(10-12(2)3)19(24)13(4)5/h12-13H,9-11H2,1-8H3. The molecule has 1 amide bonds. The molecular weight excluding hydrogens is 332 g/mol. The third-order valence-corrected chi connectivity index (χ3v) is 4.47. The van der Waals surface area contributed by atoms with Gasteiger partial charge in [-0.15, -0.1) is 0 Å². The number of Topliss-reactive ketones (excluding diaryl/α,β-unsaturated/α-hetero) is 1. The van der Waals surface area contributed by atoms with Crippen molar-refractivity contribution < 1.29 is 19.1 Å². The Morgan fingerprint density at radius 1 is 1.12 bits per heavy atom. The molecule has 0 saturated carbocycles. The zero-order chi connectivity index (χ0) is 20.2. The minimum absolute atomic E-state index is 0.0191. The summed E-state index contributed by atoms with van der Waals surface area (Å²) in [6.07, 6.45) is 0. The van der Waals surface area contributed by atoms with Crippen LogP contribution in [0.4, 0.5) is 0 Å². The lowest BCUT2D eigenvalue weighted by Gasteiger charge is -2.26. The highest BCUT2D eigenvalue weighted by Gasteiger charge is 2.28. The van der Waals surface area contributed by atoms with Gasteiger partial charge in [-0.3, -0.25) is 9.59 Å². The second-order valence-electron chi connectivity index (χ2n) is 7.36. The molecule has 1 rings (SSSR count). The van der Waals surface area contributed by atoms with Crippen LogP contribution in [-0.4, -0.2) is 47.3 Å². The van der Waals surface area contributed by atoms with Crippen LogP contribution in [0.25, 0.3) is 0 Å². The monoisotopic (exact) mass is 364 g/mol. The number of rotatable bonds is 8. The SMILES string of the molecule is CCn1c(C)c(C(=O)CN(CC(C)C)C(=O)C(C)C)c(C)c1C(=O)OC. The maximum absolute atomic E-state index is 13.0. The van der Waals surface area contributed by atoms with Gasteiger partial charge < -0.3 is 14.2 Å². The summed E-state index contributed by atoms with van der Waals surface area (Å²) in [7, 11) is 1.33. The molecule has 0 radical (unpaired) electrons. The van der Waals surface area contributed by atoms with Gasteiger partial charge in [0.25, 0.3) is 0 Å². The fourth-order valence-electron chi connectivity index (χ4n) is 3.35. The molecule has 6 nitrogen and oxygen atoms in total. The molecule has 0 N–H and O–H groups in total. The molecule has 0 bridgehead atoms. The van der Waals surface area contributed by atoms with Gasteiger partial charge in [-0.05, 0) is 32.3 Å². The van der Waals surface area contributed by atoms with Crippen LogP contribution in [0.3, 0.4) is 0 Å². The van der Waals surface area contributed by atoms with E-state index in [1.54, 1.807) is 16.4 Å². The highest BCUT2D eigenvalue weighted by atomic mass is 16.5. The maximum atomic E-state index is 13.0. The molecule has 146 valence electrons. The van der Waals surface area contributed by atoms with Crippen molar-refractivity contribution in [2.75, 3.05) is 20.2 Å². The van der Waals surface area contributed by atoms with E-state index in [-0.39, 0.29) is 30.1 Å². The molecule has 0 atom stereocenters. The van der Waals surface area contributed by atoms with Crippen molar-refractivity contribution in [2.24, 2.45) is 11.8 Å². The minimum atomic E-state index is -0.455. The Hall–Kier alpha value is -2.11. The number of ether oxygens (including phenoxy) is 1. The number of esters is 1. The van der Waals surface area contributed by atoms with Gasteiger partial charge in [0.15, 0.2) is 5.78 Å². The van der Waals surface area contributed by atoms with E-state index < -0.39 is 5.97 Å². The van der Waals surface area contributed by atoms with E-state index in [1.807, 2.05) is 41.5 Å². The molecular formula is C20H32N2O4. The van der Waals surface area contributed by atoms with Gasteiger partial charge in [-0.2, -0.15) is 0 Å². The van der Waals surface area contributed by atoms with Gasteiger partial charge in [0.1, 0.15) is 5.69 Å². The number of methoxy groups -OCH3 is 1. The Bertz CT molecular complexity index is 686. The Kier molecular flexibility index (Phi) is 7.60. The van der Waals surface area contributed by atoms with E-state index >= 15 is 0 Å². The second kappa shape index (κ2) is 9.01. The minimum Gasteiger partial charge on any atom is -0.464 e. The van der Waals surface area contributed by atoms with Crippen molar-refractivity contribution in [3.8, 4) is 0 Å². The number of carbonyl (C=O) groups is 3. The first kappa shape index (κ1) is 21.9. The largest absolute Gasteiger partial charge is 0.464 e. The molecule has 0 aromatic carbocycles. The molecule has 1 heterocycles. The average molecular weight is 364 g/mol. The number of hydrogen-bond donors (Lipinski definition) is 0. The summed E-state index contributed by atoms with van der Waals surface area (Å²) >= 11 is 0. The molecule has 0 spiro atoms. The second-order valence-corrected chi connectivity index (χ2v) is 7.36. The molecule has 1 aromatic heterocycles. The third-order valence-electron chi connectivity index (χ3n) is 4.47. The van der Waals surface area contributed by atoms with Crippen LogP contribution in [0.2, 0.25) is 0 Å². The van der Waals surface area contributed by atoms with Gasteiger partial charge in [-0.25, -0.2) is 4.79 Å². The normalized spacial score (nSPS) is 11.2. The molecule has 0 fully saturated rings. The lowest BCUT2D eigenvalue weighted by molar-refractivity contribution is -0.134. The Labute approximate surface area is 156 Å². The van der Waals surface area contributed by atoms with Crippen LogP contribution in [-0.2, 0) is 16.1 Å². The quantitative estimate of drug-likeness (QED) is 0.524. The lowest BCUT2D eigenvalue weighted by Crippen LogP contribution is -2.40. The van der Waals surface area contributed by atoms with Gasteiger partial charge >= 0.3 is 5.97 Å². The van der Waals surface area contributed by atoms with E-state index in [0.717, 1.165) is 5.69 Å². The summed E-state index contributed by atoms with van der Waals surface area (Å²) < 4.78 is 6.67. The summed E-state index contributed by atoms with van der Waals surface area (Å²) in [5, 5.41) is 0. The molecule has 0 saturated heterocycles. The third kappa shape index (κ3) is 4.54. The zero-order valence-corrected chi connectivity index (χ0v) is 17.3. The van der Waals surface area contributed by atoms with Crippen LogP contribution in [0.1, 0.15) is 66.7 Å². The first-order chi connectivity index (χ1) is 12.1. The summed E-state index contributed by atoms with van der Waals surface area (Å²) in [6.45, 7) is 14.3. The van der Waals surface area contributed by atoms with Gasteiger partial charge in [0.2, 0.25) is 5.91 Å². The van der Waals surface area contributed by atoms with Crippen molar-refractivity contribution in [3.63, 3.8) is 0 Å². The van der Waals surface area contributed by atoms with E-state index in [0.29, 0.717) is 29.9 Å². The van der Waals surface area contributed by atoms with Crippen molar-refractivity contribution >= 4 is 17.7 Å². The van der Waals surface area contributed by atoms with Gasteiger partial charge in [0.05, 0.1) is 13.7 Å². The number of ketones is 1. The fourth-order valence-corrected chi connectivity index (χ4v) is 3.35. The fraction of sp³-hybridized carbons (Fsp3) is 0.650. The van der Waals surface area contributed by atoms with E-state index in [4.69, 9.17) is 4.74 Å². The van der Waals surface area contributed by atoms with Crippen LogP contribution < -0.4 is 0 Å². The summed E-state index contributed by atoms with van der Waals surface area (Å²) in [6, 6.07) is 0. The number of carbonyl (C=O) groups excluding carboxylic acids is 3. The molecule has 1 aromatic rings. The van der Waals surface area contributed by atoms with Crippen molar-refractivity contribution in [1.29, 1.82) is 0 Å². The average Bonchev–Trinajstić information content (AvgIpc) is 2.82. The van der Waals surface area contributed by atoms with Crippen LogP contribution in [0.5, 0.6) is 0 Å². The predicted octanol–water partition coefficient (Wildman–Crippen LogP) is 3.23.